The molecule has 0 saturated carbocycles. The summed E-state index contributed by atoms with van der Waals surface area (Å²) in [6, 6.07) is 13.5. The second-order valence-corrected chi connectivity index (χ2v) is 9.00. The number of carbonyl (C=O) groups is 2. The maximum Gasteiger partial charge on any atom is 0.228 e. The van der Waals surface area contributed by atoms with Crippen LogP contribution in [0.25, 0.3) is 0 Å². The molecule has 1 aliphatic heterocycles. The third-order valence-corrected chi connectivity index (χ3v) is 6.43. The molecule has 1 aliphatic rings. The summed E-state index contributed by atoms with van der Waals surface area (Å²) in [7, 11) is 0. The number of carbonyl (C=O) groups excluding carboxylic acids is 2. The maximum atomic E-state index is 13.2. The summed E-state index contributed by atoms with van der Waals surface area (Å²) in [5.41, 5.74) is 1.62. The maximum absolute atomic E-state index is 13.2. The Morgan fingerprint density at radius 3 is 2.44 bits per heavy atom. The molecule has 0 aliphatic carbocycles. The number of rotatable bonds is 7. The standard InChI is InChI=1S/C24H25FN4O2S/c25-20-3-5-21(6-4-20)28-24(31)19-12-18(23(30)27-13-22-2-1-11-32-22)15-29(16-19)14-17-7-9-26-10-8-17/h1-11,18-19H,12-16H2,(H,27,30)(H,28,31)/t18-,19+/m0/s1. The normalized spacial score (nSPS) is 18.8. The predicted octanol–water partition coefficient (Wildman–Crippen LogP) is 3.68. The number of anilines is 1. The first kappa shape index (κ1) is 22.1. The third kappa shape index (κ3) is 5.99. The van der Waals surface area contributed by atoms with Gasteiger partial charge in [0.25, 0.3) is 0 Å². The molecule has 1 fully saturated rings. The Balaban J connectivity index is 1.44. The van der Waals surface area contributed by atoms with Crippen LogP contribution in [0.2, 0.25) is 0 Å². The zero-order chi connectivity index (χ0) is 22.3. The van der Waals surface area contributed by atoms with Crippen molar-refractivity contribution in [2.75, 3.05) is 18.4 Å². The number of benzene rings is 1. The fourth-order valence-corrected chi connectivity index (χ4v) is 4.60. The Labute approximate surface area is 190 Å². The first-order valence-electron chi connectivity index (χ1n) is 10.5. The van der Waals surface area contributed by atoms with Crippen LogP contribution < -0.4 is 10.6 Å². The topological polar surface area (TPSA) is 74.3 Å². The smallest absolute Gasteiger partial charge is 0.228 e. The minimum atomic E-state index is -0.355. The molecular formula is C24H25FN4O2S. The van der Waals surface area contributed by atoms with E-state index in [2.05, 4.69) is 20.5 Å². The quantitative estimate of drug-likeness (QED) is 0.574. The lowest BCUT2D eigenvalue weighted by atomic mass is 9.87. The number of nitrogens with zero attached hydrogens (tertiary/aromatic N) is 2. The molecule has 4 rings (SSSR count). The highest BCUT2D eigenvalue weighted by Gasteiger charge is 2.35. The van der Waals surface area contributed by atoms with Gasteiger partial charge >= 0.3 is 0 Å². The average Bonchev–Trinajstić information content (AvgIpc) is 3.33. The number of aromatic nitrogens is 1. The molecule has 1 saturated heterocycles. The first-order chi connectivity index (χ1) is 15.6. The molecule has 0 radical (unpaired) electrons. The predicted molar refractivity (Wildman–Crippen MR) is 122 cm³/mol. The van der Waals surface area contributed by atoms with Gasteiger partial charge < -0.3 is 10.6 Å². The van der Waals surface area contributed by atoms with Gasteiger partial charge in [-0.05, 0) is 59.8 Å². The highest BCUT2D eigenvalue weighted by atomic mass is 32.1. The number of piperidine rings is 1. The summed E-state index contributed by atoms with van der Waals surface area (Å²) in [6.45, 7) is 2.25. The highest BCUT2D eigenvalue weighted by molar-refractivity contribution is 7.09. The summed E-state index contributed by atoms with van der Waals surface area (Å²) in [4.78, 5) is 33.2. The van der Waals surface area contributed by atoms with Crippen molar-refractivity contribution in [2.45, 2.75) is 19.5 Å². The number of thiophene rings is 1. The van der Waals surface area contributed by atoms with Crippen LogP contribution in [0.4, 0.5) is 10.1 Å². The largest absolute Gasteiger partial charge is 0.351 e. The number of nitrogens with one attached hydrogen (secondary N) is 2. The summed E-state index contributed by atoms with van der Waals surface area (Å²) in [5.74, 6) is -1.21. The molecule has 3 aromatic rings. The van der Waals surface area contributed by atoms with Crippen LogP contribution in [-0.4, -0.2) is 34.8 Å². The van der Waals surface area contributed by atoms with Gasteiger partial charge in [0.1, 0.15) is 5.82 Å². The van der Waals surface area contributed by atoms with Crippen molar-refractivity contribution in [1.29, 1.82) is 0 Å². The lowest BCUT2D eigenvalue weighted by molar-refractivity contribution is -0.130. The van der Waals surface area contributed by atoms with E-state index >= 15 is 0 Å². The van der Waals surface area contributed by atoms with Gasteiger partial charge in [-0.15, -0.1) is 11.3 Å². The van der Waals surface area contributed by atoms with E-state index < -0.39 is 0 Å². The lowest BCUT2D eigenvalue weighted by Gasteiger charge is -2.36. The van der Waals surface area contributed by atoms with Crippen LogP contribution in [0.15, 0.2) is 66.3 Å². The second-order valence-electron chi connectivity index (χ2n) is 7.97. The van der Waals surface area contributed by atoms with E-state index in [-0.39, 0.29) is 29.5 Å². The van der Waals surface area contributed by atoms with Crippen molar-refractivity contribution in [2.24, 2.45) is 11.8 Å². The van der Waals surface area contributed by atoms with Crippen LogP contribution in [0, 0.1) is 17.7 Å². The number of hydrogen-bond acceptors (Lipinski definition) is 5. The highest BCUT2D eigenvalue weighted by Crippen LogP contribution is 2.25. The minimum Gasteiger partial charge on any atom is -0.351 e. The number of likely N-dealkylation sites (tertiary alicyclic amines) is 1. The summed E-state index contributed by atoms with van der Waals surface area (Å²) < 4.78 is 13.2. The molecule has 2 amide bonds. The molecule has 166 valence electrons. The van der Waals surface area contributed by atoms with Crippen LogP contribution in [-0.2, 0) is 22.7 Å². The summed E-state index contributed by atoms with van der Waals surface area (Å²) in [5, 5.41) is 7.86. The fraction of sp³-hybridized carbons (Fsp3) is 0.292. The SMILES string of the molecule is O=C(NCc1cccs1)[C@H]1C[C@@H](C(=O)Nc2ccc(F)cc2)CN(Cc2ccncc2)C1. The number of halogens is 1. The zero-order valence-corrected chi connectivity index (χ0v) is 18.4. The molecule has 0 unspecified atom stereocenters. The van der Waals surface area contributed by atoms with E-state index in [1.165, 1.54) is 24.3 Å². The van der Waals surface area contributed by atoms with E-state index in [9.17, 15) is 14.0 Å². The number of amides is 2. The zero-order valence-electron chi connectivity index (χ0n) is 17.5. The van der Waals surface area contributed by atoms with Crippen molar-refractivity contribution >= 4 is 28.8 Å². The third-order valence-electron chi connectivity index (χ3n) is 5.55. The number of hydrogen-bond donors (Lipinski definition) is 2. The van der Waals surface area contributed by atoms with Gasteiger partial charge in [-0.1, -0.05) is 6.07 Å². The molecule has 0 spiro atoms. The first-order valence-corrected chi connectivity index (χ1v) is 11.4. The average molecular weight is 453 g/mol. The van der Waals surface area contributed by atoms with Gasteiger partial charge in [-0.2, -0.15) is 0 Å². The van der Waals surface area contributed by atoms with E-state index in [1.54, 1.807) is 23.7 Å². The van der Waals surface area contributed by atoms with E-state index in [0.717, 1.165) is 10.4 Å². The Kier molecular flexibility index (Phi) is 7.24. The molecule has 6 nitrogen and oxygen atoms in total. The Bertz CT molecular complexity index is 1030. The minimum absolute atomic E-state index is 0.0441. The van der Waals surface area contributed by atoms with Gasteiger partial charge in [-0.3, -0.25) is 19.5 Å². The molecule has 2 atom stereocenters. The van der Waals surface area contributed by atoms with Crippen molar-refractivity contribution < 1.29 is 14.0 Å². The molecule has 0 bridgehead atoms. The Hall–Kier alpha value is -3.10. The monoisotopic (exact) mass is 452 g/mol. The van der Waals surface area contributed by atoms with Crippen LogP contribution >= 0.6 is 11.3 Å². The van der Waals surface area contributed by atoms with Gasteiger partial charge in [0, 0.05) is 42.6 Å². The Morgan fingerprint density at radius 2 is 1.75 bits per heavy atom. The van der Waals surface area contributed by atoms with Crippen molar-refractivity contribution in [3.8, 4) is 0 Å². The van der Waals surface area contributed by atoms with Gasteiger partial charge in [0.05, 0.1) is 18.4 Å². The Morgan fingerprint density at radius 1 is 1.03 bits per heavy atom. The van der Waals surface area contributed by atoms with E-state index in [1.807, 2.05) is 29.6 Å². The molecule has 2 aromatic heterocycles. The molecule has 8 heteroatoms. The summed E-state index contributed by atoms with van der Waals surface area (Å²) >= 11 is 1.60. The van der Waals surface area contributed by atoms with Crippen LogP contribution in [0.3, 0.4) is 0 Å². The van der Waals surface area contributed by atoms with Crippen molar-refractivity contribution in [3.05, 3.63) is 82.6 Å². The molecule has 1 aromatic carbocycles. The molecule has 32 heavy (non-hydrogen) atoms. The van der Waals surface area contributed by atoms with E-state index in [0.29, 0.717) is 38.3 Å². The van der Waals surface area contributed by atoms with Crippen LogP contribution in [0.5, 0.6) is 0 Å². The van der Waals surface area contributed by atoms with E-state index in [4.69, 9.17) is 0 Å². The van der Waals surface area contributed by atoms with Crippen molar-refractivity contribution in [1.82, 2.24) is 15.2 Å². The fourth-order valence-electron chi connectivity index (χ4n) is 3.96. The summed E-state index contributed by atoms with van der Waals surface area (Å²) in [6.07, 6.45) is 3.95. The van der Waals surface area contributed by atoms with Gasteiger partial charge in [0.2, 0.25) is 11.8 Å². The van der Waals surface area contributed by atoms with Gasteiger partial charge in [0.15, 0.2) is 0 Å². The van der Waals surface area contributed by atoms with Crippen molar-refractivity contribution in [3.63, 3.8) is 0 Å². The molecule has 2 N–H and O–H groups in total. The molecule has 3 heterocycles. The van der Waals surface area contributed by atoms with Gasteiger partial charge in [-0.25, -0.2) is 4.39 Å². The lowest BCUT2D eigenvalue weighted by Crippen LogP contribution is -2.48. The second kappa shape index (κ2) is 10.5. The molecular weight excluding hydrogens is 427 g/mol. The van der Waals surface area contributed by atoms with Crippen LogP contribution in [0.1, 0.15) is 16.9 Å². The number of pyridine rings is 1.